The molecular weight excluding hydrogens is 482 g/mol. The third kappa shape index (κ3) is 4.72. The largest absolute Gasteiger partial charge is 0.394 e. The van der Waals surface area contributed by atoms with E-state index in [2.05, 4.69) is 13.2 Å². The van der Waals surface area contributed by atoms with E-state index in [0.717, 1.165) is 32.1 Å². The lowest BCUT2D eigenvalue weighted by molar-refractivity contribution is -0.154. The smallest absolute Gasteiger partial charge is 0.248 e. The van der Waals surface area contributed by atoms with E-state index in [4.69, 9.17) is 4.74 Å². The molecule has 0 aromatic rings. The Bertz CT molecular complexity index is 916. The Morgan fingerprint density at radius 3 is 2.39 bits per heavy atom. The zero-order valence-corrected chi connectivity index (χ0v) is 23.5. The number of carbonyl (C=O) groups excluding carboxylic acids is 3. The zero-order valence-electron chi connectivity index (χ0n) is 23.5. The third-order valence-corrected chi connectivity index (χ3v) is 9.35. The number of amides is 3. The maximum Gasteiger partial charge on any atom is 0.248 e. The molecule has 4 aliphatic rings. The highest BCUT2D eigenvalue weighted by Crippen LogP contribution is 2.59. The molecule has 3 amide bonds. The predicted molar refractivity (Wildman–Crippen MR) is 146 cm³/mol. The second-order valence-corrected chi connectivity index (χ2v) is 11.9. The van der Waals surface area contributed by atoms with Crippen LogP contribution >= 0.6 is 0 Å². The number of fused-ring (bicyclic) bond motifs is 1. The first-order valence-corrected chi connectivity index (χ1v) is 14.7. The lowest BCUT2D eigenvalue weighted by Gasteiger charge is -2.43. The Kier molecular flexibility index (Phi) is 9.03. The van der Waals surface area contributed by atoms with Crippen LogP contribution in [0.5, 0.6) is 0 Å². The Balaban J connectivity index is 1.77. The summed E-state index contributed by atoms with van der Waals surface area (Å²) in [6.45, 7) is 14.8. The van der Waals surface area contributed by atoms with Gasteiger partial charge in [-0.25, -0.2) is 0 Å². The summed E-state index contributed by atoms with van der Waals surface area (Å²) in [6, 6.07) is -1.30. The van der Waals surface area contributed by atoms with Gasteiger partial charge in [0.15, 0.2) is 0 Å². The molecule has 4 rings (SSSR count). The predicted octanol–water partition coefficient (Wildman–Crippen LogP) is 3.15. The molecule has 212 valence electrons. The van der Waals surface area contributed by atoms with E-state index in [0.29, 0.717) is 32.5 Å². The molecule has 0 radical (unpaired) electrons. The number of aliphatic hydroxyl groups is 1. The summed E-state index contributed by atoms with van der Waals surface area (Å²) < 4.78 is 6.66. The maximum atomic E-state index is 14.6. The lowest BCUT2D eigenvalue weighted by atomic mass is 9.70. The number of ether oxygens (including phenoxy) is 1. The van der Waals surface area contributed by atoms with Crippen LogP contribution in [0.25, 0.3) is 0 Å². The van der Waals surface area contributed by atoms with Crippen molar-refractivity contribution in [3.63, 3.8) is 0 Å². The van der Waals surface area contributed by atoms with Gasteiger partial charge in [-0.15, -0.1) is 13.2 Å². The van der Waals surface area contributed by atoms with E-state index in [1.165, 1.54) is 6.42 Å². The summed E-state index contributed by atoms with van der Waals surface area (Å²) >= 11 is 0. The Morgan fingerprint density at radius 2 is 1.82 bits per heavy atom. The molecule has 0 aromatic carbocycles. The van der Waals surface area contributed by atoms with Gasteiger partial charge in [0.2, 0.25) is 17.7 Å². The molecule has 4 fully saturated rings. The van der Waals surface area contributed by atoms with Gasteiger partial charge in [0.1, 0.15) is 11.6 Å². The van der Waals surface area contributed by atoms with Crippen LogP contribution in [0.15, 0.2) is 25.3 Å². The fourth-order valence-corrected chi connectivity index (χ4v) is 7.67. The van der Waals surface area contributed by atoms with Crippen LogP contribution in [0.1, 0.15) is 72.1 Å². The van der Waals surface area contributed by atoms with Crippen LogP contribution in [0, 0.1) is 17.8 Å². The molecule has 2 bridgehead atoms. The van der Waals surface area contributed by atoms with Crippen LogP contribution in [-0.4, -0.2) is 93.6 Å². The highest BCUT2D eigenvalue weighted by molar-refractivity contribution is 5.99. The standard InChI is InChI=1S/C30H47N3O5/c1-6-16-31(17-7-2)27(35)24-23-14-15-30(38-23)25(24)28(36)33(22(19-34)20(4)5)26(30)29(37)32(18-8-3)21-12-10-9-11-13-21/h6,8,20-26,34H,1,3,7,9-19H2,2,4-5H3/t22-,23+,24-,25-,26?,30?/m0/s1. The molecule has 3 saturated heterocycles. The van der Waals surface area contributed by atoms with Crippen LogP contribution in [0.3, 0.4) is 0 Å². The number of rotatable bonds is 12. The number of carbonyl (C=O) groups is 3. The van der Waals surface area contributed by atoms with Gasteiger partial charge in [-0.1, -0.05) is 52.2 Å². The molecule has 6 atom stereocenters. The fourth-order valence-electron chi connectivity index (χ4n) is 7.67. The summed E-state index contributed by atoms with van der Waals surface area (Å²) in [5, 5.41) is 10.4. The average Bonchev–Trinajstić information content (AvgIpc) is 3.55. The quantitative estimate of drug-likeness (QED) is 0.392. The van der Waals surface area contributed by atoms with Crippen molar-refractivity contribution in [1.29, 1.82) is 0 Å². The number of nitrogens with zero attached hydrogens (tertiary/aromatic N) is 3. The first-order valence-electron chi connectivity index (χ1n) is 14.7. The maximum absolute atomic E-state index is 14.6. The fraction of sp³-hybridized carbons (Fsp3) is 0.767. The van der Waals surface area contributed by atoms with Gasteiger partial charge < -0.3 is 24.5 Å². The third-order valence-electron chi connectivity index (χ3n) is 9.35. The van der Waals surface area contributed by atoms with E-state index < -0.39 is 29.5 Å². The van der Waals surface area contributed by atoms with Gasteiger partial charge in [-0.3, -0.25) is 14.4 Å². The van der Waals surface area contributed by atoms with Crippen molar-refractivity contribution in [2.75, 3.05) is 26.2 Å². The van der Waals surface area contributed by atoms with Crippen molar-refractivity contribution < 1.29 is 24.2 Å². The van der Waals surface area contributed by atoms with Gasteiger partial charge >= 0.3 is 0 Å². The molecule has 1 aliphatic carbocycles. The van der Waals surface area contributed by atoms with Crippen molar-refractivity contribution >= 4 is 17.7 Å². The second kappa shape index (κ2) is 11.9. The number of aliphatic hydroxyl groups excluding tert-OH is 1. The van der Waals surface area contributed by atoms with Crippen molar-refractivity contribution in [1.82, 2.24) is 14.7 Å². The normalized spacial score (nSPS) is 31.4. The van der Waals surface area contributed by atoms with Crippen LogP contribution in [0.2, 0.25) is 0 Å². The van der Waals surface area contributed by atoms with Gasteiger partial charge in [0.05, 0.1) is 30.6 Å². The molecule has 2 unspecified atom stereocenters. The van der Waals surface area contributed by atoms with Gasteiger partial charge in [0.25, 0.3) is 0 Å². The monoisotopic (exact) mass is 529 g/mol. The van der Waals surface area contributed by atoms with Crippen molar-refractivity contribution in [2.45, 2.75) is 102 Å². The second-order valence-electron chi connectivity index (χ2n) is 11.9. The van der Waals surface area contributed by atoms with E-state index in [9.17, 15) is 19.5 Å². The summed E-state index contributed by atoms with van der Waals surface area (Å²) in [5.74, 6) is -1.87. The summed E-state index contributed by atoms with van der Waals surface area (Å²) in [6.07, 6.45) is 10.3. The molecule has 8 heteroatoms. The molecule has 0 aromatic heterocycles. The minimum atomic E-state index is -1.05. The number of likely N-dealkylation sites (tertiary alicyclic amines) is 1. The van der Waals surface area contributed by atoms with E-state index in [1.54, 1.807) is 22.0 Å². The Labute approximate surface area is 228 Å². The minimum absolute atomic E-state index is 0.0688. The van der Waals surface area contributed by atoms with E-state index in [1.807, 2.05) is 25.7 Å². The molecule has 1 spiro atoms. The Morgan fingerprint density at radius 1 is 1.13 bits per heavy atom. The highest BCUT2D eigenvalue weighted by atomic mass is 16.5. The zero-order chi connectivity index (χ0) is 27.6. The van der Waals surface area contributed by atoms with E-state index >= 15 is 0 Å². The van der Waals surface area contributed by atoms with Crippen LogP contribution in [-0.2, 0) is 19.1 Å². The first kappa shape index (κ1) is 28.8. The summed E-state index contributed by atoms with van der Waals surface area (Å²) in [7, 11) is 0. The molecule has 1 saturated carbocycles. The summed E-state index contributed by atoms with van der Waals surface area (Å²) in [5.41, 5.74) is -1.05. The highest BCUT2D eigenvalue weighted by Gasteiger charge is 2.75. The Hall–Kier alpha value is -2.19. The molecule has 3 heterocycles. The molecule has 3 aliphatic heterocycles. The summed E-state index contributed by atoms with van der Waals surface area (Å²) in [4.78, 5) is 48.1. The van der Waals surface area contributed by atoms with Crippen molar-refractivity contribution in [3.05, 3.63) is 25.3 Å². The van der Waals surface area contributed by atoms with E-state index in [-0.39, 0.29) is 42.4 Å². The molecular formula is C30H47N3O5. The van der Waals surface area contributed by atoms with Crippen molar-refractivity contribution in [3.8, 4) is 0 Å². The lowest BCUT2D eigenvalue weighted by Crippen LogP contribution is -2.61. The first-order chi connectivity index (χ1) is 18.3. The van der Waals surface area contributed by atoms with Gasteiger partial charge in [0, 0.05) is 25.7 Å². The van der Waals surface area contributed by atoms with Crippen molar-refractivity contribution in [2.24, 2.45) is 17.8 Å². The topological polar surface area (TPSA) is 90.4 Å². The molecule has 38 heavy (non-hydrogen) atoms. The SMILES string of the molecule is C=CCN(CCC)C(=O)[C@@H]1[C@H]2C(=O)N([C@@H](CO)C(C)C)C(C(=O)N(CC=C)C3CCCCC3)C23CC[C@H]1O3. The molecule has 8 nitrogen and oxygen atoms in total. The average molecular weight is 530 g/mol. The minimum Gasteiger partial charge on any atom is -0.394 e. The van der Waals surface area contributed by atoms with Gasteiger partial charge in [-0.2, -0.15) is 0 Å². The van der Waals surface area contributed by atoms with Gasteiger partial charge in [-0.05, 0) is 38.0 Å². The molecule has 1 N–H and O–H groups in total. The number of hydrogen-bond donors (Lipinski definition) is 1. The van der Waals surface area contributed by atoms with Crippen LogP contribution < -0.4 is 0 Å². The number of hydrogen-bond acceptors (Lipinski definition) is 5. The van der Waals surface area contributed by atoms with Crippen LogP contribution in [0.4, 0.5) is 0 Å².